The van der Waals surface area contributed by atoms with Gasteiger partial charge in [-0.25, -0.2) is 13.4 Å². The highest BCUT2D eigenvalue weighted by Crippen LogP contribution is 2.33. The normalized spacial score (nSPS) is 14.8. The summed E-state index contributed by atoms with van der Waals surface area (Å²) in [6.45, 7) is 6.51. The van der Waals surface area contributed by atoms with Crippen molar-refractivity contribution >= 4 is 32.9 Å². The molecule has 4 aromatic rings. The minimum Gasteiger partial charge on any atom is -0.438 e. The topological polar surface area (TPSA) is 121 Å². The number of hydrogen-bond donors (Lipinski definition) is 1. The van der Waals surface area contributed by atoms with E-state index in [1.54, 1.807) is 24.4 Å². The molecule has 9 nitrogen and oxygen atoms in total. The molecule has 0 aliphatic carbocycles. The summed E-state index contributed by atoms with van der Waals surface area (Å²) in [6, 6.07) is 17.0. The molecule has 0 saturated carbocycles. The lowest BCUT2D eigenvalue weighted by molar-refractivity contribution is 0.211. The lowest BCUT2D eigenvalue weighted by Crippen LogP contribution is -2.39. The van der Waals surface area contributed by atoms with Crippen LogP contribution < -0.4 is 10.1 Å². The van der Waals surface area contributed by atoms with Crippen LogP contribution in [0.15, 0.2) is 65.7 Å². The van der Waals surface area contributed by atoms with Crippen LogP contribution in [-0.4, -0.2) is 53.7 Å². The fourth-order valence-electron chi connectivity index (χ4n) is 5.07. The first-order valence-electron chi connectivity index (χ1n) is 13.5. The average molecular weight is 569 g/mol. The Bertz CT molecular complexity index is 1720. The molecule has 2 aromatic carbocycles. The second-order valence-electron chi connectivity index (χ2n) is 10.4. The van der Waals surface area contributed by atoms with Crippen LogP contribution in [0.5, 0.6) is 11.6 Å². The largest absolute Gasteiger partial charge is 0.438 e. The maximum atomic E-state index is 11.7. The Morgan fingerprint density at radius 1 is 1.10 bits per heavy atom. The molecular formula is C31H32N6O3S. The van der Waals surface area contributed by atoms with E-state index in [2.05, 4.69) is 20.2 Å². The first-order chi connectivity index (χ1) is 19.7. The van der Waals surface area contributed by atoms with E-state index >= 15 is 0 Å². The Morgan fingerprint density at radius 3 is 2.46 bits per heavy atom. The molecule has 1 fully saturated rings. The van der Waals surface area contributed by atoms with Gasteiger partial charge in [-0.3, -0.25) is 4.90 Å². The number of sulfone groups is 1. The fourth-order valence-corrected chi connectivity index (χ4v) is 5.70. The van der Waals surface area contributed by atoms with Gasteiger partial charge in [0.15, 0.2) is 15.5 Å². The molecule has 5 rings (SSSR count). The molecule has 2 aromatic heterocycles. The number of benzene rings is 2. The van der Waals surface area contributed by atoms with Crippen molar-refractivity contribution in [3.63, 3.8) is 0 Å². The Morgan fingerprint density at radius 2 is 1.80 bits per heavy atom. The van der Waals surface area contributed by atoms with Crippen molar-refractivity contribution in [2.75, 3.05) is 24.7 Å². The van der Waals surface area contributed by atoms with Crippen molar-refractivity contribution in [1.29, 1.82) is 5.26 Å². The molecule has 1 saturated heterocycles. The first kappa shape index (κ1) is 28.2. The molecule has 1 aliphatic rings. The van der Waals surface area contributed by atoms with Gasteiger partial charge in [0.05, 0.1) is 16.4 Å². The summed E-state index contributed by atoms with van der Waals surface area (Å²) < 4.78 is 29.8. The van der Waals surface area contributed by atoms with Gasteiger partial charge in [-0.2, -0.15) is 15.2 Å². The van der Waals surface area contributed by atoms with Crippen LogP contribution in [0, 0.1) is 25.2 Å². The van der Waals surface area contributed by atoms with Crippen LogP contribution in [-0.2, 0) is 16.4 Å². The third-order valence-electron chi connectivity index (χ3n) is 7.15. The van der Waals surface area contributed by atoms with Gasteiger partial charge in [-0.1, -0.05) is 12.1 Å². The quantitative estimate of drug-likeness (QED) is 0.277. The molecular weight excluding hydrogens is 536 g/mol. The van der Waals surface area contributed by atoms with Crippen LogP contribution in [0.1, 0.15) is 35.1 Å². The van der Waals surface area contributed by atoms with Crippen molar-refractivity contribution in [2.45, 2.75) is 44.2 Å². The maximum absolute atomic E-state index is 11.7. The third-order valence-corrected chi connectivity index (χ3v) is 8.28. The van der Waals surface area contributed by atoms with E-state index in [9.17, 15) is 8.42 Å². The highest BCUT2D eigenvalue weighted by Gasteiger charge is 2.22. The van der Waals surface area contributed by atoms with Crippen molar-refractivity contribution in [1.82, 2.24) is 19.9 Å². The zero-order valence-corrected chi connectivity index (χ0v) is 24.1. The number of hydrogen-bond acceptors (Lipinski definition) is 9. The number of allylic oxidation sites excluding steroid dienone is 1. The second-order valence-corrected chi connectivity index (χ2v) is 12.4. The van der Waals surface area contributed by atoms with Gasteiger partial charge in [-0.05, 0) is 91.4 Å². The molecule has 1 N–H and O–H groups in total. The minimum absolute atomic E-state index is 0.197. The number of nitrogens with zero attached hydrogens (tertiary/aromatic N) is 5. The smallest absolute Gasteiger partial charge is 0.233 e. The van der Waals surface area contributed by atoms with Crippen LogP contribution >= 0.6 is 0 Å². The molecule has 0 spiro atoms. The number of aromatic nitrogens is 3. The van der Waals surface area contributed by atoms with Crippen LogP contribution in [0.3, 0.4) is 0 Å². The van der Waals surface area contributed by atoms with E-state index in [4.69, 9.17) is 15.0 Å². The summed E-state index contributed by atoms with van der Waals surface area (Å²) in [5, 5.41) is 13.1. The number of anilines is 1. The maximum Gasteiger partial charge on any atom is 0.233 e. The lowest BCUT2D eigenvalue weighted by atomic mass is 10.0. The van der Waals surface area contributed by atoms with Crippen molar-refractivity contribution in [2.24, 2.45) is 0 Å². The molecule has 0 atom stereocenters. The first-order valence-corrected chi connectivity index (χ1v) is 15.3. The standard InChI is InChI=1S/C31H32N6O3S/c1-21-18-24(6-4-14-32)19-22(2)28(21)40-30-27-7-5-15-33-29(27)35-31(36-30)34-25-12-16-37(17-13-25)20-23-8-10-26(11-9-23)41(3,38)39/h4-11,15,18-19,25H,12-13,16-17,20H2,1-3H3,(H,33,34,35,36)/b6-4+. The van der Waals surface area contributed by atoms with Gasteiger partial charge in [0.1, 0.15) is 5.75 Å². The third kappa shape index (κ3) is 6.88. The molecule has 210 valence electrons. The van der Waals surface area contributed by atoms with Gasteiger partial charge in [-0.15, -0.1) is 0 Å². The SMILES string of the molecule is Cc1cc(/C=C/C#N)cc(C)c1Oc1nc(NC2CCN(Cc3ccc(S(C)(=O)=O)cc3)CC2)nc2ncccc12. The summed E-state index contributed by atoms with van der Waals surface area (Å²) in [6.07, 6.45) is 7.99. The van der Waals surface area contributed by atoms with Gasteiger partial charge in [0.2, 0.25) is 11.8 Å². The van der Waals surface area contributed by atoms with Crippen molar-refractivity contribution in [3.8, 4) is 17.7 Å². The van der Waals surface area contributed by atoms with E-state index in [0.29, 0.717) is 28.1 Å². The molecule has 0 bridgehead atoms. The molecule has 3 heterocycles. The lowest BCUT2D eigenvalue weighted by Gasteiger charge is -2.32. The summed E-state index contributed by atoms with van der Waals surface area (Å²) in [4.78, 5) is 16.6. The number of nitriles is 1. The number of piperidine rings is 1. The number of aryl methyl sites for hydroxylation is 2. The number of likely N-dealkylation sites (tertiary alicyclic amines) is 1. The van der Waals surface area contributed by atoms with Gasteiger partial charge in [0.25, 0.3) is 0 Å². The number of rotatable bonds is 8. The Hall–Kier alpha value is -4.33. The minimum atomic E-state index is -3.19. The monoisotopic (exact) mass is 568 g/mol. The molecule has 0 radical (unpaired) electrons. The van der Waals surface area contributed by atoms with E-state index in [0.717, 1.165) is 60.1 Å². The number of pyridine rings is 1. The number of fused-ring (bicyclic) bond motifs is 1. The fraction of sp³-hybridized carbons (Fsp3) is 0.290. The summed E-state index contributed by atoms with van der Waals surface area (Å²) in [5.74, 6) is 1.63. The predicted molar refractivity (Wildman–Crippen MR) is 159 cm³/mol. The Balaban J connectivity index is 1.28. The van der Waals surface area contributed by atoms with E-state index < -0.39 is 9.84 Å². The molecule has 10 heteroatoms. The predicted octanol–water partition coefficient (Wildman–Crippen LogP) is 5.45. The summed E-state index contributed by atoms with van der Waals surface area (Å²) >= 11 is 0. The van der Waals surface area contributed by atoms with Crippen molar-refractivity contribution in [3.05, 3.63) is 83.1 Å². The van der Waals surface area contributed by atoms with E-state index in [1.807, 2.05) is 56.3 Å². The molecule has 41 heavy (non-hydrogen) atoms. The zero-order chi connectivity index (χ0) is 29.0. The average Bonchev–Trinajstić information content (AvgIpc) is 2.94. The van der Waals surface area contributed by atoms with Gasteiger partial charge in [0, 0.05) is 44.2 Å². The summed E-state index contributed by atoms with van der Waals surface area (Å²) in [5.41, 5.74) is 4.45. The van der Waals surface area contributed by atoms with E-state index in [-0.39, 0.29) is 6.04 Å². The molecule has 0 amide bonds. The zero-order valence-electron chi connectivity index (χ0n) is 23.3. The van der Waals surface area contributed by atoms with Crippen LogP contribution in [0.4, 0.5) is 5.95 Å². The highest BCUT2D eigenvalue weighted by molar-refractivity contribution is 7.90. The van der Waals surface area contributed by atoms with Crippen LogP contribution in [0.2, 0.25) is 0 Å². The Kier molecular flexibility index (Phi) is 8.28. The van der Waals surface area contributed by atoms with Crippen molar-refractivity contribution < 1.29 is 13.2 Å². The Labute approximate surface area is 240 Å². The second kappa shape index (κ2) is 12.0. The number of ether oxygens (including phenoxy) is 1. The van der Waals surface area contributed by atoms with E-state index in [1.165, 1.54) is 12.3 Å². The molecule has 1 aliphatic heterocycles. The van der Waals surface area contributed by atoms with Gasteiger partial charge >= 0.3 is 0 Å². The molecule has 0 unspecified atom stereocenters. The number of nitrogens with one attached hydrogen (secondary N) is 1. The van der Waals surface area contributed by atoms with Gasteiger partial charge < -0.3 is 10.1 Å². The highest BCUT2D eigenvalue weighted by atomic mass is 32.2. The summed E-state index contributed by atoms with van der Waals surface area (Å²) in [7, 11) is -3.19. The van der Waals surface area contributed by atoms with Crippen LogP contribution in [0.25, 0.3) is 17.1 Å².